The fraction of sp³-hybridized carbons (Fsp3) is 0.415. The molecule has 12 rings (SSSR count). The summed E-state index contributed by atoms with van der Waals surface area (Å²) in [6, 6.07) is 49.8. The van der Waals surface area contributed by atoms with E-state index >= 15 is 4.57 Å². The molecule has 27 nitrogen and oxygen atoms in total. The van der Waals surface area contributed by atoms with Crippen LogP contribution in [-0.4, -0.2) is 146 Å². The van der Waals surface area contributed by atoms with Gasteiger partial charge in [-0.15, -0.1) is 9.05 Å². The lowest BCUT2D eigenvalue weighted by molar-refractivity contribution is -0.119. The van der Waals surface area contributed by atoms with Gasteiger partial charge in [0.1, 0.15) is 58.6 Å². The van der Waals surface area contributed by atoms with E-state index in [1.807, 2.05) is 158 Å². The van der Waals surface area contributed by atoms with Crippen molar-refractivity contribution in [2.24, 2.45) is 11.8 Å². The summed E-state index contributed by atoms with van der Waals surface area (Å²) in [4.78, 5) is 79.5. The van der Waals surface area contributed by atoms with Gasteiger partial charge in [0, 0.05) is 16.4 Å². The number of rotatable bonds is 30. The Morgan fingerprint density at radius 3 is 1.04 bits per heavy atom. The first-order chi connectivity index (χ1) is 53.2. The van der Waals surface area contributed by atoms with Gasteiger partial charge in [-0.3, -0.25) is 48.9 Å². The molecule has 0 unspecified atom stereocenters. The minimum absolute atomic E-state index is 0.0375. The number of nitrogens with zero attached hydrogens (tertiary/aromatic N) is 6. The Bertz CT molecular complexity index is 4660. The smallest absolute Gasteiger partial charge is 0.497 e. The van der Waals surface area contributed by atoms with Crippen LogP contribution in [0.25, 0.3) is 22.3 Å². The number of ether oxygens (including phenoxy) is 8. The normalized spacial score (nSPS) is 19.2. The largest absolute Gasteiger partial charge is 0.698 e. The highest BCUT2D eigenvalue weighted by Crippen LogP contribution is 2.52. The van der Waals surface area contributed by atoms with E-state index in [-0.39, 0.29) is 47.4 Å². The Kier molecular flexibility index (Phi) is 24.3. The van der Waals surface area contributed by atoms with Crippen molar-refractivity contribution in [2.45, 2.75) is 166 Å². The Hall–Kier alpha value is -9.63. The molecule has 10 aromatic rings. The van der Waals surface area contributed by atoms with Crippen molar-refractivity contribution < 1.29 is 69.9 Å². The highest BCUT2D eigenvalue weighted by molar-refractivity contribution is 7.33. The zero-order chi connectivity index (χ0) is 80.4. The first-order valence-electron chi connectivity index (χ1n) is 37.2. The second-order valence-corrected chi connectivity index (χ2v) is 42.0. The van der Waals surface area contributed by atoms with E-state index in [1.165, 1.54) is 21.8 Å². The lowest BCUT2D eigenvalue weighted by Crippen LogP contribution is -2.51. The van der Waals surface area contributed by atoms with Crippen molar-refractivity contribution in [3.05, 3.63) is 224 Å². The van der Waals surface area contributed by atoms with Crippen LogP contribution in [0.4, 0.5) is 11.9 Å². The van der Waals surface area contributed by atoms with Crippen LogP contribution >= 0.6 is 8.25 Å². The van der Waals surface area contributed by atoms with E-state index in [9.17, 15) is 19.2 Å². The summed E-state index contributed by atoms with van der Waals surface area (Å²) in [5, 5.41) is 4.49. The third-order valence-corrected chi connectivity index (χ3v) is 31.5. The van der Waals surface area contributed by atoms with Gasteiger partial charge < -0.3 is 46.7 Å². The van der Waals surface area contributed by atoms with Gasteiger partial charge in [-0.05, 0) is 118 Å². The summed E-state index contributed by atoms with van der Waals surface area (Å²) in [5.74, 6) is 0.224. The molecular formula is C82H100N10O17PSi2+. The number of amides is 2. The third kappa shape index (κ3) is 16.6. The Morgan fingerprint density at radius 2 is 0.768 bits per heavy atom. The topological polar surface area (TPSA) is 313 Å². The highest BCUT2D eigenvalue weighted by atomic mass is 31.1. The maximum atomic E-state index is 16.6. The molecule has 0 radical (unpaired) electrons. The maximum absolute atomic E-state index is 16.6. The number of carbonyl (C=O) groups excluding carboxylic acids is 2. The van der Waals surface area contributed by atoms with Crippen LogP contribution in [-0.2, 0) is 62.2 Å². The van der Waals surface area contributed by atoms with E-state index in [2.05, 4.69) is 98.3 Å². The van der Waals surface area contributed by atoms with Gasteiger partial charge in [-0.25, -0.2) is 9.97 Å². The number of aromatic amines is 2. The first kappa shape index (κ1) is 81.8. The number of methoxy groups -OCH3 is 4. The van der Waals surface area contributed by atoms with Crippen molar-refractivity contribution in [2.75, 3.05) is 52.3 Å². The van der Waals surface area contributed by atoms with E-state index in [0.717, 1.165) is 11.1 Å². The minimum Gasteiger partial charge on any atom is -0.497 e. The molecule has 592 valence electrons. The Morgan fingerprint density at radius 1 is 0.473 bits per heavy atom. The zero-order valence-electron chi connectivity index (χ0n) is 66.4. The molecule has 4 N–H and O–H groups in total. The number of nitrogens with one attached hydrogen (secondary N) is 4. The van der Waals surface area contributed by atoms with E-state index in [0.29, 0.717) is 45.3 Å². The molecule has 0 spiro atoms. The summed E-state index contributed by atoms with van der Waals surface area (Å²) >= 11 is 0. The van der Waals surface area contributed by atoms with E-state index in [1.54, 1.807) is 56.1 Å². The van der Waals surface area contributed by atoms with Gasteiger partial charge >= 0.3 is 8.25 Å². The molecule has 2 aliphatic heterocycles. The molecule has 0 saturated carbocycles. The monoisotopic (exact) mass is 1580 g/mol. The van der Waals surface area contributed by atoms with Gasteiger partial charge in [-0.2, -0.15) is 9.97 Å². The lowest BCUT2D eigenvalue weighted by atomic mass is 9.80. The summed E-state index contributed by atoms with van der Waals surface area (Å²) in [6.07, 6.45) is -7.79. The molecule has 8 atom stereocenters. The predicted molar refractivity (Wildman–Crippen MR) is 429 cm³/mol. The van der Waals surface area contributed by atoms with Gasteiger partial charge in [0.15, 0.2) is 63.6 Å². The SMILES string of the molecule is COc1ccc(C(OC[C@H]2O[C@@H](n3cnc4c(=O)[nH]c(NC(=O)C(C)C)nc43)[C@H](O[P+](=O)O[C@@H]3[C@H](O[Si](C)(C)C(C)(C)C)[C@@H](COC(c4ccccc4)(c4ccc(OC)cc4)c4ccc(OC)cc4)O[C@H]3n3cnc4c(=O)[nH]c(NC(=O)C(C)C)nc43)[C@@H]2O[Si](C)(C)C(C)(C)C)(c2ccccc2)c2ccc(OC)cc2)cc1. The Balaban J connectivity index is 1.04. The van der Waals surface area contributed by atoms with Gasteiger partial charge in [0.05, 0.1) is 54.3 Å². The second-order valence-electron chi connectivity index (χ2n) is 31.6. The molecule has 2 amide bonds. The molecule has 6 aromatic carbocycles. The van der Waals surface area contributed by atoms with Crippen LogP contribution < -0.4 is 40.7 Å². The molecule has 2 fully saturated rings. The lowest BCUT2D eigenvalue weighted by Gasteiger charge is -2.41. The molecule has 4 aromatic heterocycles. The van der Waals surface area contributed by atoms with Crippen LogP contribution in [0.15, 0.2) is 180 Å². The quantitative estimate of drug-likeness (QED) is 0.0185. The number of H-pyrrole nitrogens is 2. The van der Waals surface area contributed by atoms with Crippen LogP contribution in [0, 0.1) is 11.8 Å². The average molecular weight is 1580 g/mol. The van der Waals surface area contributed by atoms with Crippen LogP contribution in [0.3, 0.4) is 0 Å². The van der Waals surface area contributed by atoms with Crippen LogP contribution in [0.1, 0.15) is 115 Å². The second kappa shape index (κ2) is 33.2. The molecule has 30 heteroatoms. The molecule has 6 heterocycles. The number of hydrogen-bond donors (Lipinski definition) is 4. The number of fused-ring (bicyclic) bond motifs is 2. The van der Waals surface area contributed by atoms with Crippen molar-refractivity contribution in [3.63, 3.8) is 0 Å². The van der Waals surface area contributed by atoms with Gasteiger partial charge in [-0.1, -0.05) is 178 Å². The number of benzene rings is 6. The average Bonchev–Trinajstić information content (AvgIpc) is 0.804. The standard InChI is InChI=1S/C82H99N10O17PSi2/c1-49(2)71(93)87-77-85-69-63(73(95)89-77)83-47-91(69)75-67(65(108-111(15,16)79(5,6)7)61(104-75)45-102-81(51-25-21-19-22-26-51,53-29-37-57(98-11)38-30-53)54-31-39-58(99-12)40-32-54)106-110(97)107-68-66(109-112(17,18)80(8,9)10)62(105-76(68)92-48-84-64-70(92)86-78(90-74(64)96)88-72(94)50(3)4)46-103-82(52-27-23-20-24-28-52,55-33-41-59(100-13)42-34-55)56-35-43-60(101-14)44-36-56/h19-44,47-50,61-62,65-68,75-76H,45-46H2,1-18H3,(H3-,85,86,87,88,89,90,93,94,95,96)/p+1/t61-,62-,65-,66-,67-,68-,75-,76-/m1/s1. The van der Waals surface area contributed by atoms with E-state index < -0.39 is 130 Å². The zero-order valence-corrected chi connectivity index (χ0v) is 69.3. The van der Waals surface area contributed by atoms with E-state index in [4.69, 9.17) is 65.8 Å². The fourth-order valence-corrected chi connectivity index (χ4v) is 16.9. The maximum Gasteiger partial charge on any atom is 0.698 e. The summed E-state index contributed by atoms with van der Waals surface area (Å²) < 4.78 is 102. The van der Waals surface area contributed by atoms with Gasteiger partial charge in [0.25, 0.3) is 11.1 Å². The molecule has 0 aliphatic carbocycles. The van der Waals surface area contributed by atoms with Crippen molar-refractivity contribution >= 4 is 70.9 Å². The molecule has 2 aliphatic rings. The number of aromatic nitrogens is 8. The van der Waals surface area contributed by atoms with Crippen molar-refractivity contribution in [3.8, 4) is 23.0 Å². The molecular weight excluding hydrogens is 1480 g/mol. The number of hydrogen-bond acceptors (Lipinski definition) is 21. The molecule has 2 saturated heterocycles. The number of carbonyl (C=O) groups is 2. The first-order valence-corrected chi connectivity index (χ1v) is 44.2. The number of imidazole rings is 2. The molecule has 112 heavy (non-hydrogen) atoms. The summed E-state index contributed by atoms with van der Waals surface area (Å²) in [7, 11) is -3.27. The van der Waals surface area contributed by atoms with Crippen molar-refractivity contribution in [1.82, 2.24) is 39.0 Å². The third-order valence-electron chi connectivity index (χ3n) is 21.7. The molecule has 0 bridgehead atoms. The minimum atomic E-state index is -3.51. The summed E-state index contributed by atoms with van der Waals surface area (Å²) in [5.41, 5.74) is -0.166. The number of anilines is 2. The van der Waals surface area contributed by atoms with Gasteiger partial charge in [0.2, 0.25) is 23.7 Å². The summed E-state index contributed by atoms with van der Waals surface area (Å²) in [6.45, 7) is 27.1. The predicted octanol–water partition coefficient (Wildman–Crippen LogP) is 14.5. The van der Waals surface area contributed by atoms with Crippen molar-refractivity contribution in [1.29, 1.82) is 0 Å². The Labute approximate surface area is 653 Å². The highest BCUT2D eigenvalue weighted by Gasteiger charge is 2.60. The van der Waals surface area contributed by atoms with Crippen LogP contribution in [0.5, 0.6) is 23.0 Å². The van der Waals surface area contributed by atoms with Crippen LogP contribution in [0.2, 0.25) is 36.3 Å². The fourth-order valence-electron chi connectivity index (χ4n) is 13.3.